The summed E-state index contributed by atoms with van der Waals surface area (Å²) in [5.41, 5.74) is 1.12. The topological polar surface area (TPSA) is 88.6 Å². The molecule has 0 spiro atoms. The number of amides is 2. The first-order chi connectivity index (χ1) is 13.1. The van der Waals surface area contributed by atoms with Gasteiger partial charge in [-0.25, -0.2) is 4.79 Å². The van der Waals surface area contributed by atoms with Gasteiger partial charge >= 0.3 is 6.09 Å². The highest BCUT2D eigenvalue weighted by molar-refractivity contribution is 5.96. The Kier molecular flexibility index (Phi) is 6.14. The molecule has 3 rings (SSSR count). The second-order valence-corrected chi connectivity index (χ2v) is 6.30. The molecular formula is C20H21N3O4. The van der Waals surface area contributed by atoms with E-state index < -0.39 is 18.0 Å². The highest BCUT2D eigenvalue weighted by Gasteiger charge is 2.30. The van der Waals surface area contributed by atoms with E-state index in [1.807, 2.05) is 30.3 Å². The number of nitrogens with one attached hydrogen (secondary N) is 1. The van der Waals surface area contributed by atoms with Gasteiger partial charge in [0.1, 0.15) is 18.3 Å². The third-order valence-corrected chi connectivity index (χ3v) is 4.31. The van der Waals surface area contributed by atoms with Gasteiger partial charge in [0.25, 0.3) is 5.91 Å². The Morgan fingerprint density at radius 2 is 1.93 bits per heavy atom. The number of ketones is 1. The molecule has 1 fully saturated rings. The van der Waals surface area contributed by atoms with Gasteiger partial charge in [-0.15, -0.1) is 0 Å². The lowest BCUT2D eigenvalue weighted by Crippen LogP contribution is -2.48. The molecular weight excluding hydrogens is 346 g/mol. The number of nitrogens with zero attached hydrogens (tertiary/aromatic N) is 2. The summed E-state index contributed by atoms with van der Waals surface area (Å²) in [5, 5.41) is 2.68. The number of hydrogen-bond acceptors (Lipinski definition) is 5. The maximum absolute atomic E-state index is 12.4. The first kappa shape index (κ1) is 18.6. The molecule has 1 N–H and O–H groups in total. The Morgan fingerprint density at radius 3 is 2.67 bits per heavy atom. The Morgan fingerprint density at radius 1 is 1.15 bits per heavy atom. The van der Waals surface area contributed by atoms with Crippen molar-refractivity contribution in [2.24, 2.45) is 0 Å². The average molecular weight is 367 g/mol. The minimum Gasteiger partial charge on any atom is -0.445 e. The van der Waals surface area contributed by atoms with Crippen molar-refractivity contribution in [3.8, 4) is 0 Å². The van der Waals surface area contributed by atoms with Gasteiger partial charge in [-0.05, 0) is 24.1 Å². The van der Waals surface area contributed by atoms with E-state index >= 15 is 0 Å². The number of likely N-dealkylation sites (tertiary alicyclic amines) is 1. The van der Waals surface area contributed by atoms with Crippen LogP contribution in [0, 0.1) is 0 Å². The number of hydrogen-bond donors (Lipinski definition) is 1. The number of benzene rings is 1. The van der Waals surface area contributed by atoms with Crippen molar-refractivity contribution in [1.82, 2.24) is 15.2 Å². The molecule has 1 aliphatic rings. The Hall–Kier alpha value is -3.22. The number of rotatable bonds is 4. The van der Waals surface area contributed by atoms with Crippen molar-refractivity contribution in [3.05, 3.63) is 66.0 Å². The van der Waals surface area contributed by atoms with E-state index in [0.29, 0.717) is 19.4 Å². The van der Waals surface area contributed by atoms with Crippen molar-refractivity contribution in [2.45, 2.75) is 25.5 Å². The van der Waals surface area contributed by atoms with Crippen molar-refractivity contribution in [3.63, 3.8) is 0 Å². The quantitative estimate of drug-likeness (QED) is 0.895. The molecule has 140 valence electrons. The third-order valence-electron chi connectivity index (χ3n) is 4.31. The molecule has 1 aromatic carbocycles. The molecule has 7 nitrogen and oxygen atoms in total. The first-order valence-corrected chi connectivity index (χ1v) is 8.84. The zero-order valence-corrected chi connectivity index (χ0v) is 14.8. The van der Waals surface area contributed by atoms with Crippen LogP contribution >= 0.6 is 0 Å². The van der Waals surface area contributed by atoms with Crippen molar-refractivity contribution < 1.29 is 19.1 Å². The molecule has 1 aromatic heterocycles. The largest absolute Gasteiger partial charge is 0.445 e. The molecule has 1 atom stereocenters. The monoisotopic (exact) mass is 367 g/mol. The zero-order valence-electron chi connectivity index (χ0n) is 14.8. The first-order valence-electron chi connectivity index (χ1n) is 8.84. The van der Waals surface area contributed by atoms with E-state index in [1.165, 1.54) is 11.1 Å². The number of Topliss-reactive ketones (excluding diaryl/α,β-unsaturated/α-hetero) is 1. The lowest BCUT2D eigenvalue weighted by Gasteiger charge is -2.23. The lowest BCUT2D eigenvalue weighted by molar-refractivity contribution is -0.120. The second-order valence-electron chi connectivity index (χ2n) is 6.30. The summed E-state index contributed by atoms with van der Waals surface area (Å²) in [6.45, 7) is 0.662. The summed E-state index contributed by atoms with van der Waals surface area (Å²) in [6.07, 6.45) is 1.85. The standard InChI is InChI=1S/C20H21N3O4/c24-18-10-6-12-23(20(26)27-14-15-7-2-1-3-8-15)13-17(18)22-19(25)16-9-4-5-11-21-16/h1-5,7-9,11,17H,6,10,12-14H2,(H,22,25). The fourth-order valence-electron chi connectivity index (χ4n) is 2.86. The summed E-state index contributed by atoms with van der Waals surface area (Å²) < 4.78 is 5.35. The summed E-state index contributed by atoms with van der Waals surface area (Å²) in [7, 11) is 0. The maximum Gasteiger partial charge on any atom is 0.410 e. The van der Waals surface area contributed by atoms with Gasteiger partial charge in [-0.1, -0.05) is 36.4 Å². The number of pyridine rings is 1. The van der Waals surface area contributed by atoms with E-state index in [9.17, 15) is 14.4 Å². The highest BCUT2D eigenvalue weighted by atomic mass is 16.6. The number of ether oxygens (including phenoxy) is 1. The molecule has 7 heteroatoms. The molecule has 2 aromatic rings. The molecule has 0 radical (unpaired) electrons. The van der Waals surface area contributed by atoms with Crippen LogP contribution < -0.4 is 5.32 Å². The van der Waals surface area contributed by atoms with Crippen LogP contribution in [0.3, 0.4) is 0 Å². The van der Waals surface area contributed by atoms with E-state index in [2.05, 4.69) is 10.3 Å². The molecule has 27 heavy (non-hydrogen) atoms. The van der Waals surface area contributed by atoms with Gasteiger partial charge in [-0.3, -0.25) is 14.6 Å². The molecule has 0 saturated carbocycles. The van der Waals surface area contributed by atoms with Crippen LogP contribution in [0.2, 0.25) is 0 Å². The van der Waals surface area contributed by atoms with Crippen molar-refractivity contribution in [1.29, 1.82) is 0 Å². The minimum absolute atomic E-state index is 0.0883. The number of carbonyl (C=O) groups is 3. The van der Waals surface area contributed by atoms with E-state index in [-0.39, 0.29) is 24.6 Å². The lowest BCUT2D eigenvalue weighted by atomic mass is 10.1. The Bertz CT molecular complexity index is 795. The van der Waals surface area contributed by atoms with Crippen LogP contribution in [0.25, 0.3) is 0 Å². The zero-order chi connectivity index (χ0) is 19.1. The minimum atomic E-state index is -0.772. The summed E-state index contributed by atoms with van der Waals surface area (Å²) in [4.78, 5) is 42.5. The SMILES string of the molecule is O=C(NC1CN(C(=O)OCc2ccccc2)CCCC1=O)c1ccccn1. The molecule has 0 aliphatic carbocycles. The van der Waals surface area contributed by atoms with Crippen LogP contribution in [0.4, 0.5) is 4.79 Å². The number of carbonyl (C=O) groups excluding carboxylic acids is 3. The highest BCUT2D eigenvalue weighted by Crippen LogP contribution is 2.11. The van der Waals surface area contributed by atoms with Crippen LogP contribution in [-0.4, -0.2) is 46.8 Å². The van der Waals surface area contributed by atoms with Gasteiger partial charge in [0, 0.05) is 19.2 Å². The van der Waals surface area contributed by atoms with Gasteiger partial charge < -0.3 is 15.0 Å². The van der Waals surface area contributed by atoms with Gasteiger partial charge in [0.2, 0.25) is 0 Å². The van der Waals surface area contributed by atoms with Gasteiger partial charge in [0.15, 0.2) is 5.78 Å². The molecule has 0 bridgehead atoms. The number of aromatic nitrogens is 1. The van der Waals surface area contributed by atoms with Crippen LogP contribution in [0.15, 0.2) is 54.7 Å². The van der Waals surface area contributed by atoms with Crippen LogP contribution in [0.5, 0.6) is 0 Å². The second kappa shape index (κ2) is 8.93. The molecule has 1 aliphatic heterocycles. The average Bonchev–Trinajstić information content (AvgIpc) is 2.89. The predicted octanol–water partition coefficient (Wildman–Crippen LogP) is 2.18. The van der Waals surface area contributed by atoms with Crippen molar-refractivity contribution >= 4 is 17.8 Å². The predicted molar refractivity (Wildman–Crippen MR) is 97.9 cm³/mol. The maximum atomic E-state index is 12.4. The molecule has 2 amide bonds. The molecule has 1 saturated heterocycles. The van der Waals surface area contributed by atoms with Crippen molar-refractivity contribution in [2.75, 3.05) is 13.1 Å². The smallest absolute Gasteiger partial charge is 0.410 e. The van der Waals surface area contributed by atoms with Crippen LogP contribution in [-0.2, 0) is 16.1 Å². The Labute approximate surface area is 157 Å². The van der Waals surface area contributed by atoms with E-state index in [1.54, 1.807) is 18.2 Å². The molecule has 1 unspecified atom stereocenters. The van der Waals surface area contributed by atoms with Crippen LogP contribution in [0.1, 0.15) is 28.9 Å². The molecule has 2 heterocycles. The summed E-state index contributed by atoms with van der Waals surface area (Å²) >= 11 is 0. The third kappa shape index (κ3) is 5.13. The fraction of sp³-hybridized carbons (Fsp3) is 0.300. The van der Waals surface area contributed by atoms with Gasteiger partial charge in [0.05, 0.1) is 6.54 Å². The summed E-state index contributed by atoms with van der Waals surface area (Å²) in [5.74, 6) is -0.536. The fourth-order valence-corrected chi connectivity index (χ4v) is 2.86. The van der Waals surface area contributed by atoms with E-state index in [0.717, 1.165) is 5.56 Å². The Balaban J connectivity index is 1.60. The van der Waals surface area contributed by atoms with Gasteiger partial charge in [-0.2, -0.15) is 0 Å². The van der Waals surface area contributed by atoms with E-state index in [4.69, 9.17) is 4.74 Å². The summed E-state index contributed by atoms with van der Waals surface area (Å²) in [6, 6.07) is 13.6. The normalized spacial score (nSPS) is 17.1.